The summed E-state index contributed by atoms with van der Waals surface area (Å²) < 4.78 is 0. The van der Waals surface area contributed by atoms with E-state index in [0.29, 0.717) is 11.5 Å². The van der Waals surface area contributed by atoms with Crippen LogP contribution < -0.4 is 0 Å². The van der Waals surface area contributed by atoms with Gasteiger partial charge in [-0.15, -0.1) is 11.3 Å². The summed E-state index contributed by atoms with van der Waals surface area (Å²) in [5.41, 5.74) is 1.35. The summed E-state index contributed by atoms with van der Waals surface area (Å²) in [6.45, 7) is 3.78. The topological polar surface area (TPSA) is 53.4 Å². The number of carbonyl (C=O) groups is 1. The normalized spacial score (nSPS) is 12.6. The molecule has 0 bridgehead atoms. The number of aromatic nitrogens is 1. The minimum absolute atomic E-state index is 0.337. The van der Waals surface area contributed by atoms with Crippen LogP contribution in [0.15, 0.2) is 35.8 Å². The van der Waals surface area contributed by atoms with Crippen molar-refractivity contribution in [3.05, 3.63) is 52.0 Å². The number of carboxylic acid groups (broad SMARTS) is 1. The number of rotatable bonds is 6. The standard InChI is InChI=1S/C15H18N2O2S/c1-11(14-16-6-7-20-14)9-17(2)10-12-4-3-5-13(8-12)15(18)19/h3-8,11H,9-10H2,1-2H3,(H,18,19). The smallest absolute Gasteiger partial charge is 0.335 e. The molecule has 1 atom stereocenters. The molecule has 5 heteroatoms. The Kier molecular flexibility index (Phi) is 4.87. The summed E-state index contributed by atoms with van der Waals surface area (Å²) in [6, 6.07) is 7.09. The molecule has 4 nitrogen and oxygen atoms in total. The van der Waals surface area contributed by atoms with E-state index in [1.165, 1.54) is 0 Å². The highest BCUT2D eigenvalue weighted by atomic mass is 32.1. The molecular formula is C15H18N2O2S. The van der Waals surface area contributed by atoms with E-state index in [2.05, 4.69) is 16.8 Å². The van der Waals surface area contributed by atoms with Crippen molar-refractivity contribution in [3.63, 3.8) is 0 Å². The van der Waals surface area contributed by atoms with Gasteiger partial charge in [0.15, 0.2) is 0 Å². The summed E-state index contributed by atoms with van der Waals surface area (Å²) in [7, 11) is 2.04. The molecule has 106 valence electrons. The van der Waals surface area contributed by atoms with E-state index in [-0.39, 0.29) is 0 Å². The van der Waals surface area contributed by atoms with Crippen LogP contribution in [0.25, 0.3) is 0 Å². The van der Waals surface area contributed by atoms with Gasteiger partial charge in [0.25, 0.3) is 0 Å². The van der Waals surface area contributed by atoms with Gasteiger partial charge in [-0.1, -0.05) is 19.1 Å². The zero-order valence-corrected chi connectivity index (χ0v) is 12.4. The number of likely N-dealkylation sites (N-methyl/N-ethyl adjacent to an activating group) is 1. The largest absolute Gasteiger partial charge is 0.478 e. The third-order valence-corrected chi connectivity index (χ3v) is 4.09. The second kappa shape index (κ2) is 6.63. The Balaban J connectivity index is 1.96. The molecule has 0 spiro atoms. The van der Waals surface area contributed by atoms with Gasteiger partial charge in [0.2, 0.25) is 0 Å². The van der Waals surface area contributed by atoms with Gasteiger partial charge < -0.3 is 10.0 Å². The predicted octanol–water partition coefficient (Wildman–Crippen LogP) is 3.08. The first-order valence-electron chi connectivity index (χ1n) is 6.46. The zero-order chi connectivity index (χ0) is 14.5. The quantitative estimate of drug-likeness (QED) is 0.888. The number of aromatic carboxylic acids is 1. The summed E-state index contributed by atoms with van der Waals surface area (Å²) in [4.78, 5) is 17.5. The van der Waals surface area contributed by atoms with Crippen LogP contribution in [0.5, 0.6) is 0 Å². The molecule has 0 aliphatic rings. The van der Waals surface area contributed by atoms with Crippen LogP contribution in [0.3, 0.4) is 0 Å². The molecule has 0 aliphatic heterocycles. The Morgan fingerprint density at radius 1 is 1.50 bits per heavy atom. The number of benzene rings is 1. The molecule has 1 N–H and O–H groups in total. The molecule has 2 aromatic rings. The van der Waals surface area contributed by atoms with Crippen LogP contribution in [-0.2, 0) is 6.54 Å². The molecule has 0 fully saturated rings. The number of hydrogen-bond donors (Lipinski definition) is 1. The second-order valence-electron chi connectivity index (χ2n) is 4.97. The summed E-state index contributed by atoms with van der Waals surface area (Å²) in [5, 5.41) is 12.1. The van der Waals surface area contributed by atoms with E-state index in [1.54, 1.807) is 29.5 Å². The van der Waals surface area contributed by atoms with Crippen molar-refractivity contribution in [1.29, 1.82) is 0 Å². The van der Waals surface area contributed by atoms with Gasteiger partial charge in [-0.25, -0.2) is 9.78 Å². The molecule has 0 aliphatic carbocycles. The highest BCUT2D eigenvalue weighted by molar-refractivity contribution is 7.09. The van der Waals surface area contributed by atoms with Crippen LogP contribution in [0, 0.1) is 0 Å². The Hall–Kier alpha value is -1.72. The Morgan fingerprint density at radius 3 is 2.95 bits per heavy atom. The lowest BCUT2D eigenvalue weighted by molar-refractivity contribution is 0.0696. The maximum atomic E-state index is 11.0. The minimum atomic E-state index is -0.884. The van der Waals surface area contributed by atoms with Crippen molar-refractivity contribution >= 4 is 17.3 Å². The third kappa shape index (κ3) is 3.88. The molecule has 0 radical (unpaired) electrons. The number of nitrogens with zero attached hydrogens (tertiary/aromatic N) is 2. The molecular weight excluding hydrogens is 272 g/mol. The van der Waals surface area contributed by atoms with Crippen molar-refractivity contribution in [3.8, 4) is 0 Å². The van der Waals surface area contributed by atoms with Crippen molar-refractivity contribution in [2.24, 2.45) is 0 Å². The third-order valence-electron chi connectivity index (χ3n) is 3.08. The molecule has 0 amide bonds. The first-order valence-corrected chi connectivity index (χ1v) is 7.34. The lowest BCUT2D eigenvalue weighted by Gasteiger charge is -2.20. The lowest BCUT2D eigenvalue weighted by Crippen LogP contribution is -2.23. The lowest BCUT2D eigenvalue weighted by atomic mass is 10.1. The average Bonchev–Trinajstić information content (AvgIpc) is 2.92. The molecule has 0 saturated heterocycles. The van der Waals surface area contributed by atoms with Crippen LogP contribution in [0.2, 0.25) is 0 Å². The highest BCUT2D eigenvalue weighted by Crippen LogP contribution is 2.19. The number of hydrogen-bond acceptors (Lipinski definition) is 4. The van der Waals surface area contributed by atoms with Gasteiger partial charge in [-0.05, 0) is 24.7 Å². The first-order chi connectivity index (χ1) is 9.56. The Labute approximate surface area is 122 Å². The van der Waals surface area contributed by atoms with Crippen molar-refractivity contribution < 1.29 is 9.90 Å². The van der Waals surface area contributed by atoms with Crippen LogP contribution >= 0.6 is 11.3 Å². The van der Waals surface area contributed by atoms with Crippen LogP contribution in [-0.4, -0.2) is 34.6 Å². The van der Waals surface area contributed by atoms with Crippen LogP contribution in [0.4, 0.5) is 0 Å². The highest BCUT2D eigenvalue weighted by Gasteiger charge is 2.12. The van der Waals surface area contributed by atoms with E-state index < -0.39 is 5.97 Å². The number of thiazole rings is 1. The molecule has 1 aromatic carbocycles. The molecule has 1 heterocycles. The van der Waals surface area contributed by atoms with Gasteiger partial charge in [0.1, 0.15) is 0 Å². The fourth-order valence-corrected chi connectivity index (χ4v) is 2.89. The van der Waals surface area contributed by atoms with Crippen molar-refractivity contribution in [2.75, 3.05) is 13.6 Å². The Bertz CT molecular complexity index is 569. The van der Waals surface area contributed by atoms with Gasteiger partial charge in [0, 0.05) is 30.6 Å². The van der Waals surface area contributed by atoms with Gasteiger partial charge in [-0.3, -0.25) is 0 Å². The second-order valence-corrected chi connectivity index (χ2v) is 5.90. The van der Waals surface area contributed by atoms with E-state index in [9.17, 15) is 4.79 Å². The van der Waals surface area contributed by atoms with E-state index in [4.69, 9.17) is 5.11 Å². The van der Waals surface area contributed by atoms with E-state index in [1.807, 2.05) is 24.7 Å². The maximum absolute atomic E-state index is 11.0. The van der Waals surface area contributed by atoms with Gasteiger partial charge in [0.05, 0.1) is 10.6 Å². The fourth-order valence-electron chi connectivity index (χ4n) is 2.20. The molecule has 0 saturated carbocycles. The summed E-state index contributed by atoms with van der Waals surface area (Å²) in [6.07, 6.45) is 1.83. The van der Waals surface area contributed by atoms with Gasteiger partial charge in [-0.2, -0.15) is 0 Å². The fraction of sp³-hybridized carbons (Fsp3) is 0.333. The molecule has 1 unspecified atom stereocenters. The SMILES string of the molecule is CC(CN(C)Cc1cccc(C(=O)O)c1)c1nccs1. The minimum Gasteiger partial charge on any atom is -0.478 e. The van der Waals surface area contributed by atoms with E-state index >= 15 is 0 Å². The first kappa shape index (κ1) is 14.7. The molecule has 20 heavy (non-hydrogen) atoms. The summed E-state index contributed by atoms with van der Waals surface area (Å²) in [5.74, 6) is -0.506. The molecule has 1 aromatic heterocycles. The Morgan fingerprint density at radius 2 is 2.30 bits per heavy atom. The van der Waals surface area contributed by atoms with Gasteiger partial charge >= 0.3 is 5.97 Å². The molecule has 2 rings (SSSR count). The predicted molar refractivity (Wildman–Crippen MR) is 80.3 cm³/mol. The zero-order valence-electron chi connectivity index (χ0n) is 11.6. The maximum Gasteiger partial charge on any atom is 0.335 e. The van der Waals surface area contributed by atoms with Crippen LogP contribution in [0.1, 0.15) is 33.8 Å². The van der Waals surface area contributed by atoms with Crippen molar-refractivity contribution in [2.45, 2.75) is 19.4 Å². The van der Waals surface area contributed by atoms with E-state index in [0.717, 1.165) is 23.7 Å². The summed E-state index contributed by atoms with van der Waals surface area (Å²) >= 11 is 1.67. The number of carboxylic acids is 1. The monoisotopic (exact) mass is 290 g/mol. The average molecular weight is 290 g/mol. The van der Waals surface area contributed by atoms with Crippen molar-refractivity contribution in [1.82, 2.24) is 9.88 Å².